The van der Waals surface area contributed by atoms with Gasteiger partial charge in [-0.3, -0.25) is 0 Å². The standard InChI is InChI=1S/C14H11NS/c1-8-15-12-7-10-6-5-9-3-2-4-11(13(9)10)14(12)16-8/h2-4,7H,5-6H2,1H3. The van der Waals surface area contributed by atoms with E-state index in [4.69, 9.17) is 0 Å². The van der Waals surface area contributed by atoms with Gasteiger partial charge in [-0.1, -0.05) is 18.2 Å². The molecule has 0 unspecified atom stereocenters. The van der Waals surface area contributed by atoms with Crippen LogP contribution in [0, 0.1) is 6.92 Å². The number of benzene rings is 2. The van der Waals surface area contributed by atoms with Crippen molar-refractivity contribution in [1.82, 2.24) is 4.98 Å². The molecule has 2 aromatic carbocycles. The Hall–Kier alpha value is -1.41. The molecule has 0 radical (unpaired) electrons. The third kappa shape index (κ3) is 0.978. The van der Waals surface area contributed by atoms with Gasteiger partial charge in [0.25, 0.3) is 0 Å². The second-order valence-electron chi connectivity index (χ2n) is 4.46. The number of thiazole rings is 1. The van der Waals surface area contributed by atoms with E-state index in [9.17, 15) is 0 Å². The zero-order chi connectivity index (χ0) is 10.7. The van der Waals surface area contributed by atoms with Crippen molar-refractivity contribution in [3.63, 3.8) is 0 Å². The lowest BCUT2D eigenvalue weighted by atomic mass is 10.0. The summed E-state index contributed by atoms with van der Waals surface area (Å²) in [6, 6.07) is 8.98. The first-order valence-electron chi connectivity index (χ1n) is 5.63. The first-order chi connectivity index (χ1) is 7.83. The van der Waals surface area contributed by atoms with E-state index in [0.717, 1.165) is 0 Å². The summed E-state index contributed by atoms with van der Waals surface area (Å²) in [5.41, 5.74) is 4.19. The Labute approximate surface area is 97.7 Å². The number of nitrogens with zero attached hydrogens (tertiary/aromatic N) is 1. The molecule has 0 atom stereocenters. The minimum atomic E-state index is 1.17. The zero-order valence-electron chi connectivity index (χ0n) is 9.08. The predicted octanol–water partition coefficient (Wildman–Crippen LogP) is 3.86. The molecule has 0 spiro atoms. The Bertz CT molecular complexity index is 724. The van der Waals surface area contributed by atoms with Crippen molar-refractivity contribution < 1.29 is 0 Å². The maximum absolute atomic E-state index is 4.61. The van der Waals surface area contributed by atoms with Gasteiger partial charge in [0.1, 0.15) is 0 Å². The third-order valence-corrected chi connectivity index (χ3v) is 4.47. The van der Waals surface area contributed by atoms with Crippen LogP contribution in [-0.2, 0) is 12.8 Å². The van der Waals surface area contributed by atoms with Crippen molar-refractivity contribution in [1.29, 1.82) is 0 Å². The highest BCUT2D eigenvalue weighted by atomic mass is 32.1. The number of aromatic nitrogens is 1. The van der Waals surface area contributed by atoms with Gasteiger partial charge in [-0.2, -0.15) is 0 Å². The first-order valence-corrected chi connectivity index (χ1v) is 6.45. The fourth-order valence-corrected chi connectivity index (χ4v) is 3.74. The molecule has 0 fully saturated rings. The molecule has 0 amide bonds. The number of hydrogen-bond donors (Lipinski definition) is 0. The fraction of sp³-hybridized carbons (Fsp3) is 0.214. The van der Waals surface area contributed by atoms with E-state index >= 15 is 0 Å². The third-order valence-electron chi connectivity index (χ3n) is 3.45. The SMILES string of the molecule is Cc1nc2cc3c4c(cccc4c2s1)CC3. The Morgan fingerprint density at radius 2 is 2.06 bits per heavy atom. The van der Waals surface area contributed by atoms with Crippen molar-refractivity contribution >= 4 is 32.3 Å². The lowest BCUT2D eigenvalue weighted by Crippen LogP contribution is -1.80. The minimum Gasteiger partial charge on any atom is -0.241 e. The van der Waals surface area contributed by atoms with E-state index in [1.807, 2.05) is 11.3 Å². The summed E-state index contributed by atoms with van der Waals surface area (Å²) < 4.78 is 1.36. The van der Waals surface area contributed by atoms with Crippen LogP contribution in [0.3, 0.4) is 0 Å². The summed E-state index contributed by atoms with van der Waals surface area (Å²) in [7, 11) is 0. The molecule has 1 nitrogen and oxygen atoms in total. The van der Waals surface area contributed by atoms with Crippen LogP contribution in [-0.4, -0.2) is 4.98 Å². The van der Waals surface area contributed by atoms with E-state index in [-0.39, 0.29) is 0 Å². The lowest BCUT2D eigenvalue weighted by Gasteiger charge is -2.02. The highest BCUT2D eigenvalue weighted by molar-refractivity contribution is 7.19. The molecule has 4 rings (SSSR count). The average molecular weight is 225 g/mol. The Morgan fingerprint density at radius 3 is 3.00 bits per heavy atom. The van der Waals surface area contributed by atoms with Crippen molar-refractivity contribution in [2.45, 2.75) is 19.8 Å². The van der Waals surface area contributed by atoms with Gasteiger partial charge in [0.2, 0.25) is 0 Å². The number of aryl methyl sites for hydroxylation is 3. The predicted molar refractivity (Wildman–Crippen MR) is 69.3 cm³/mol. The number of hydrogen-bond acceptors (Lipinski definition) is 2. The topological polar surface area (TPSA) is 12.9 Å². The van der Waals surface area contributed by atoms with Gasteiger partial charge in [0, 0.05) is 5.39 Å². The maximum atomic E-state index is 4.61. The molecule has 0 N–H and O–H groups in total. The van der Waals surface area contributed by atoms with E-state index in [0.29, 0.717) is 0 Å². The van der Waals surface area contributed by atoms with Gasteiger partial charge in [-0.25, -0.2) is 4.98 Å². The van der Waals surface area contributed by atoms with Crippen molar-refractivity contribution in [2.75, 3.05) is 0 Å². The largest absolute Gasteiger partial charge is 0.241 e. The van der Waals surface area contributed by atoms with Crippen LogP contribution in [0.15, 0.2) is 24.3 Å². The van der Waals surface area contributed by atoms with E-state index in [2.05, 4.69) is 36.2 Å². The van der Waals surface area contributed by atoms with E-state index in [1.54, 1.807) is 0 Å². The lowest BCUT2D eigenvalue weighted by molar-refractivity contribution is 1.02. The second kappa shape index (κ2) is 2.83. The van der Waals surface area contributed by atoms with Crippen LogP contribution in [0.1, 0.15) is 16.1 Å². The van der Waals surface area contributed by atoms with Crippen LogP contribution >= 0.6 is 11.3 Å². The molecule has 16 heavy (non-hydrogen) atoms. The molecule has 2 heteroatoms. The van der Waals surface area contributed by atoms with Gasteiger partial charge in [0.05, 0.1) is 15.2 Å². The van der Waals surface area contributed by atoms with Gasteiger partial charge in [-0.05, 0) is 42.3 Å². The average Bonchev–Trinajstić information content (AvgIpc) is 2.84. The Morgan fingerprint density at radius 1 is 1.19 bits per heavy atom. The Kier molecular flexibility index (Phi) is 1.54. The molecule has 0 saturated heterocycles. The molecule has 1 aliphatic rings. The summed E-state index contributed by atoms with van der Waals surface area (Å²) in [6.07, 6.45) is 2.38. The molecule has 1 aromatic heterocycles. The van der Waals surface area contributed by atoms with Crippen LogP contribution in [0.25, 0.3) is 21.0 Å². The van der Waals surface area contributed by atoms with Gasteiger partial charge < -0.3 is 0 Å². The molecule has 0 bridgehead atoms. The monoisotopic (exact) mass is 225 g/mol. The van der Waals surface area contributed by atoms with Crippen molar-refractivity contribution in [3.05, 3.63) is 40.4 Å². The molecule has 3 aromatic rings. The highest BCUT2D eigenvalue weighted by Gasteiger charge is 2.17. The number of fused-ring (bicyclic) bond motifs is 2. The first kappa shape index (κ1) is 8.71. The summed E-state index contributed by atoms with van der Waals surface area (Å²) >= 11 is 1.82. The summed E-state index contributed by atoms with van der Waals surface area (Å²) in [4.78, 5) is 4.61. The van der Waals surface area contributed by atoms with Gasteiger partial charge in [-0.15, -0.1) is 11.3 Å². The van der Waals surface area contributed by atoms with Gasteiger partial charge in [0.15, 0.2) is 0 Å². The van der Waals surface area contributed by atoms with Crippen LogP contribution in [0.5, 0.6) is 0 Å². The summed E-state index contributed by atoms with van der Waals surface area (Å²) in [5, 5.41) is 4.08. The van der Waals surface area contributed by atoms with Gasteiger partial charge >= 0.3 is 0 Å². The summed E-state index contributed by atoms with van der Waals surface area (Å²) in [5.74, 6) is 0. The Balaban J connectivity index is 2.34. The van der Waals surface area contributed by atoms with E-state index < -0.39 is 0 Å². The second-order valence-corrected chi connectivity index (χ2v) is 5.66. The molecule has 0 aliphatic heterocycles. The zero-order valence-corrected chi connectivity index (χ0v) is 9.90. The minimum absolute atomic E-state index is 1.17. The normalized spacial score (nSPS) is 14.1. The molecule has 78 valence electrons. The molecule has 0 saturated carbocycles. The maximum Gasteiger partial charge on any atom is 0.0908 e. The van der Waals surface area contributed by atoms with Crippen LogP contribution < -0.4 is 0 Å². The molecular weight excluding hydrogens is 214 g/mol. The smallest absolute Gasteiger partial charge is 0.0908 e. The summed E-state index contributed by atoms with van der Waals surface area (Å²) in [6.45, 7) is 2.09. The van der Waals surface area contributed by atoms with Crippen molar-refractivity contribution in [3.8, 4) is 0 Å². The molecule has 1 heterocycles. The molecule has 1 aliphatic carbocycles. The highest BCUT2D eigenvalue weighted by Crippen LogP contribution is 2.38. The van der Waals surface area contributed by atoms with Crippen LogP contribution in [0.4, 0.5) is 0 Å². The van der Waals surface area contributed by atoms with Crippen LogP contribution in [0.2, 0.25) is 0 Å². The molecular formula is C14H11NS. The van der Waals surface area contributed by atoms with Crippen molar-refractivity contribution in [2.24, 2.45) is 0 Å². The fourth-order valence-electron chi connectivity index (χ4n) is 2.81. The van der Waals surface area contributed by atoms with E-state index in [1.165, 1.54) is 50.0 Å². The quantitative estimate of drug-likeness (QED) is 0.566. The number of rotatable bonds is 0.